The highest BCUT2D eigenvalue weighted by molar-refractivity contribution is 7.91. The molecule has 1 aliphatic rings. The zero-order valence-corrected chi connectivity index (χ0v) is 20.4. The van der Waals surface area contributed by atoms with Crippen molar-refractivity contribution in [2.75, 3.05) is 23.0 Å². The molecule has 1 unspecified atom stereocenters. The molecule has 0 bridgehead atoms. The van der Waals surface area contributed by atoms with E-state index in [1.54, 1.807) is 35.0 Å². The molecule has 4 rings (SSSR count). The minimum atomic E-state index is -3.20. The number of para-hydroxylation sites is 2. The van der Waals surface area contributed by atoms with Crippen LogP contribution in [0.1, 0.15) is 23.4 Å². The molecule has 1 fully saturated rings. The lowest BCUT2D eigenvalue weighted by molar-refractivity contribution is -0.143. The van der Waals surface area contributed by atoms with E-state index >= 15 is 0 Å². The van der Waals surface area contributed by atoms with Gasteiger partial charge in [-0.2, -0.15) is 5.10 Å². The van der Waals surface area contributed by atoms with E-state index in [4.69, 9.17) is 4.74 Å². The minimum Gasteiger partial charge on any atom is -0.452 e. The number of amides is 1. The normalized spacial score (nSPS) is 16.9. The zero-order chi connectivity index (χ0) is 25.0. The quantitative estimate of drug-likeness (QED) is 0.370. The third-order valence-corrected chi connectivity index (χ3v) is 7.70. The van der Waals surface area contributed by atoms with Crippen LogP contribution < -0.4 is 4.90 Å². The van der Waals surface area contributed by atoms with Gasteiger partial charge in [-0.3, -0.25) is 4.79 Å². The number of aryl methyl sites for hydroxylation is 1. The molecular formula is C26H27N3O5S. The number of hydrogen-bond acceptors (Lipinski definition) is 6. The first-order valence-corrected chi connectivity index (χ1v) is 13.1. The van der Waals surface area contributed by atoms with Crippen LogP contribution in [0, 0.1) is 13.8 Å². The zero-order valence-electron chi connectivity index (χ0n) is 19.6. The number of hydrogen-bond donors (Lipinski definition) is 0. The van der Waals surface area contributed by atoms with E-state index < -0.39 is 34.4 Å². The lowest BCUT2D eigenvalue weighted by atomic mass is 10.2. The van der Waals surface area contributed by atoms with Gasteiger partial charge in [-0.05, 0) is 50.6 Å². The van der Waals surface area contributed by atoms with Crippen molar-refractivity contribution in [2.24, 2.45) is 0 Å². The third kappa shape index (κ3) is 5.68. The molecule has 0 radical (unpaired) electrons. The summed E-state index contributed by atoms with van der Waals surface area (Å²) < 4.78 is 31.0. The molecule has 3 aromatic rings. The molecule has 2 aromatic carbocycles. The van der Waals surface area contributed by atoms with Gasteiger partial charge in [-0.25, -0.2) is 17.9 Å². The fraction of sp³-hybridized carbons (Fsp3) is 0.269. The number of aromatic nitrogens is 2. The predicted molar refractivity (Wildman–Crippen MR) is 134 cm³/mol. The molecule has 9 heteroatoms. The Bertz CT molecular complexity index is 1350. The van der Waals surface area contributed by atoms with E-state index in [0.29, 0.717) is 12.1 Å². The molecule has 0 aliphatic carbocycles. The Labute approximate surface area is 204 Å². The second-order valence-electron chi connectivity index (χ2n) is 8.43. The van der Waals surface area contributed by atoms with Crippen LogP contribution in [-0.4, -0.2) is 54.2 Å². The van der Waals surface area contributed by atoms with E-state index in [1.165, 1.54) is 11.0 Å². The van der Waals surface area contributed by atoms with Crippen LogP contribution in [0.3, 0.4) is 0 Å². The number of ether oxygens (including phenoxy) is 1. The highest BCUT2D eigenvalue weighted by Crippen LogP contribution is 2.25. The number of carbonyl (C=O) groups is 2. The van der Waals surface area contributed by atoms with Gasteiger partial charge in [0.2, 0.25) is 0 Å². The Balaban J connectivity index is 1.44. The van der Waals surface area contributed by atoms with Crippen LogP contribution in [0.25, 0.3) is 11.8 Å². The third-order valence-electron chi connectivity index (χ3n) is 5.95. The van der Waals surface area contributed by atoms with E-state index in [2.05, 4.69) is 5.10 Å². The average molecular weight is 494 g/mol. The Morgan fingerprint density at radius 3 is 2.37 bits per heavy atom. The largest absolute Gasteiger partial charge is 0.452 e. The Morgan fingerprint density at radius 1 is 1.09 bits per heavy atom. The van der Waals surface area contributed by atoms with Crippen molar-refractivity contribution in [2.45, 2.75) is 26.3 Å². The lowest BCUT2D eigenvalue weighted by Gasteiger charge is -2.28. The average Bonchev–Trinajstić information content (AvgIpc) is 3.35. The number of anilines is 1. The molecule has 35 heavy (non-hydrogen) atoms. The van der Waals surface area contributed by atoms with Crippen LogP contribution in [0.5, 0.6) is 0 Å². The van der Waals surface area contributed by atoms with Crippen molar-refractivity contribution in [3.8, 4) is 5.69 Å². The topological polar surface area (TPSA) is 98.6 Å². The Hall–Kier alpha value is -3.72. The molecule has 182 valence electrons. The summed E-state index contributed by atoms with van der Waals surface area (Å²) in [5.41, 5.74) is 3.90. The van der Waals surface area contributed by atoms with Crippen LogP contribution in [0.4, 0.5) is 5.69 Å². The van der Waals surface area contributed by atoms with Crippen molar-refractivity contribution in [3.05, 3.63) is 83.7 Å². The first-order chi connectivity index (χ1) is 16.7. The maximum atomic E-state index is 13.0. The summed E-state index contributed by atoms with van der Waals surface area (Å²) >= 11 is 0. The summed E-state index contributed by atoms with van der Waals surface area (Å²) in [6.45, 7) is 3.28. The molecule has 1 aromatic heterocycles. The van der Waals surface area contributed by atoms with Crippen molar-refractivity contribution in [3.63, 3.8) is 0 Å². The van der Waals surface area contributed by atoms with Gasteiger partial charge >= 0.3 is 5.97 Å². The van der Waals surface area contributed by atoms with Crippen LogP contribution in [0.2, 0.25) is 0 Å². The summed E-state index contributed by atoms with van der Waals surface area (Å²) in [6, 6.07) is 18.0. The number of nitrogens with zero attached hydrogens (tertiary/aromatic N) is 3. The van der Waals surface area contributed by atoms with Crippen LogP contribution >= 0.6 is 0 Å². The second-order valence-corrected chi connectivity index (χ2v) is 10.7. The van der Waals surface area contributed by atoms with E-state index in [-0.39, 0.29) is 11.5 Å². The number of benzene rings is 2. The van der Waals surface area contributed by atoms with Gasteiger partial charge in [0.25, 0.3) is 5.91 Å². The number of sulfone groups is 1. The molecule has 1 saturated heterocycles. The fourth-order valence-corrected chi connectivity index (χ4v) is 5.94. The molecule has 0 N–H and O–H groups in total. The number of rotatable bonds is 7. The highest BCUT2D eigenvalue weighted by atomic mass is 32.2. The standard InChI is InChI=1S/C26H27N3O5S/c1-19-24(20(2)29(27-19)22-11-7-4-8-12-22)13-14-26(31)34-17-25(30)28(21-9-5-3-6-10-21)23-15-16-35(32,33)18-23/h3-14,23H,15-18H2,1-2H3/b14-13+. The fourth-order valence-electron chi connectivity index (χ4n) is 4.24. The van der Waals surface area contributed by atoms with Gasteiger partial charge < -0.3 is 9.64 Å². The maximum Gasteiger partial charge on any atom is 0.331 e. The van der Waals surface area contributed by atoms with Crippen molar-refractivity contribution in [1.29, 1.82) is 0 Å². The van der Waals surface area contributed by atoms with Gasteiger partial charge in [0.05, 0.1) is 28.9 Å². The van der Waals surface area contributed by atoms with E-state index in [9.17, 15) is 18.0 Å². The molecule has 0 spiro atoms. The summed E-state index contributed by atoms with van der Waals surface area (Å²) in [7, 11) is -3.20. The molecule has 1 amide bonds. The molecular weight excluding hydrogens is 466 g/mol. The highest BCUT2D eigenvalue weighted by Gasteiger charge is 2.35. The minimum absolute atomic E-state index is 0.0339. The van der Waals surface area contributed by atoms with E-state index in [1.807, 2.05) is 50.2 Å². The molecule has 1 aliphatic heterocycles. The molecule has 8 nitrogen and oxygen atoms in total. The van der Waals surface area contributed by atoms with Crippen LogP contribution in [0.15, 0.2) is 66.7 Å². The van der Waals surface area contributed by atoms with Crippen LogP contribution in [-0.2, 0) is 24.2 Å². The van der Waals surface area contributed by atoms with Gasteiger partial charge in [-0.15, -0.1) is 0 Å². The number of esters is 1. The SMILES string of the molecule is Cc1nn(-c2ccccc2)c(C)c1/C=C/C(=O)OCC(=O)N(c1ccccc1)C1CCS(=O)(=O)C1. The predicted octanol–water partition coefficient (Wildman–Crippen LogP) is 3.27. The van der Waals surface area contributed by atoms with Crippen molar-refractivity contribution in [1.82, 2.24) is 9.78 Å². The van der Waals surface area contributed by atoms with Gasteiger partial charge in [0.1, 0.15) is 0 Å². The lowest BCUT2D eigenvalue weighted by Crippen LogP contribution is -2.43. The molecule has 1 atom stereocenters. The van der Waals surface area contributed by atoms with Crippen molar-refractivity contribution >= 4 is 33.5 Å². The first-order valence-electron chi connectivity index (χ1n) is 11.3. The Morgan fingerprint density at radius 2 is 1.74 bits per heavy atom. The smallest absolute Gasteiger partial charge is 0.331 e. The first kappa shape index (κ1) is 24.4. The van der Waals surface area contributed by atoms with E-state index in [0.717, 1.165) is 22.6 Å². The second kappa shape index (κ2) is 10.3. The van der Waals surface area contributed by atoms with Gasteiger partial charge in [0.15, 0.2) is 16.4 Å². The molecule has 0 saturated carbocycles. The summed E-state index contributed by atoms with van der Waals surface area (Å²) in [5, 5.41) is 4.55. The van der Waals surface area contributed by atoms with Gasteiger partial charge in [-0.1, -0.05) is 36.4 Å². The Kier molecular flexibility index (Phi) is 7.16. The van der Waals surface area contributed by atoms with Gasteiger partial charge in [0, 0.05) is 23.0 Å². The van der Waals surface area contributed by atoms with Crippen molar-refractivity contribution < 1.29 is 22.7 Å². The summed E-state index contributed by atoms with van der Waals surface area (Å²) in [5.74, 6) is -1.21. The summed E-state index contributed by atoms with van der Waals surface area (Å²) in [6.07, 6.45) is 3.25. The monoisotopic (exact) mass is 493 g/mol. The number of carbonyl (C=O) groups excluding carboxylic acids is 2. The maximum absolute atomic E-state index is 13.0. The molecule has 2 heterocycles. The summed E-state index contributed by atoms with van der Waals surface area (Å²) in [4.78, 5) is 26.8.